The van der Waals surface area contributed by atoms with Crippen LogP contribution < -0.4 is 5.32 Å². The Balaban J connectivity index is 2.01. The molecule has 0 bridgehead atoms. The molecule has 2 heteroatoms. The first-order valence-electron chi connectivity index (χ1n) is 8.15. The number of piperidine rings is 1. The highest BCUT2D eigenvalue weighted by molar-refractivity contribution is 5.19. The van der Waals surface area contributed by atoms with Gasteiger partial charge in [0.05, 0.1) is 0 Å². The molecule has 2 rings (SSSR count). The topological polar surface area (TPSA) is 15.3 Å². The van der Waals surface area contributed by atoms with Crippen LogP contribution in [0.3, 0.4) is 0 Å². The zero-order chi connectivity index (χ0) is 14.4. The maximum Gasteiger partial charge on any atom is 0.0348 e. The van der Waals surface area contributed by atoms with Gasteiger partial charge in [0.25, 0.3) is 0 Å². The lowest BCUT2D eigenvalue weighted by molar-refractivity contribution is 0.182. The zero-order valence-electron chi connectivity index (χ0n) is 13.3. The molecule has 1 N–H and O–H groups in total. The van der Waals surface area contributed by atoms with E-state index in [9.17, 15) is 0 Å². The molecule has 1 aromatic rings. The van der Waals surface area contributed by atoms with Gasteiger partial charge in [0.1, 0.15) is 0 Å². The second kappa shape index (κ2) is 7.80. The molecule has 112 valence electrons. The average molecular weight is 274 g/mol. The Morgan fingerprint density at radius 1 is 1.20 bits per heavy atom. The third-order valence-corrected chi connectivity index (χ3v) is 4.33. The Bertz CT molecular complexity index is 368. The molecule has 2 nitrogen and oxygen atoms in total. The Labute approximate surface area is 124 Å². The van der Waals surface area contributed by atoms with Crippen molar-refractivity contribution in [3.8, 4) is 0 Å². The summed E-state index contributed by atoms with van der Waals surface area (Å²) in [4.78, 5) is 2.55. The van der Waals surface area contributed by atoms with Crippen molar-refractivity contribution in [1.82, 2.24) is 10.2 Å². The van der Waals surface area contributed by atoms with E-state index in [-0.39, 0.29) is 0 Å². The standard InChI is InChI=1S/C18H30N2/c1-15(2)13-18(16-9-5-4-6-10-16)20(3)14-17-11-7-8-12-19-17/h4-6,9-10,15,17-19H,7-8,11-14H2,1-3H3. The fourth-order valence-corrected chi connectivity index (χ4v) is 3.25. The second-order valence-corrected chi connectivity index (χ2v) is 6.64. The van der Waals surface area contributed by atoms with Gasteiger partial charge >= 0.3 is 0 Å². The van der Waals surface area contributed by atoms with Crippen molar-refractivity contribution in [3.63, 3.8) is 0 Å². The van der Waals surface area contributed by atoms with Gasteiger partial charge in [0, 0.05) is 18.6 Å². The summed E-state index contributed by atoms with van der Waals surface area (Å²) in [6.07, 6.45) is 5.28. The first kappa shape index (κ1) is 15.5. The van der Waals surface area contributed by atoms with Crippen molar-refractivity contribution in [1.29, 1.82) is 0 Å². The van der Waals surface area contributed by atoms with Crippen molar-refractivity contribution in [2.75, 3.05) is 20.1 Å². The highest BCUT2D eigenvalue weighted by Crippen LogP contribution is 2.27. The van der Waals surface area contributed by atoms with Gasteiger partial charge in [0.15, 0.2) is 0 Å². The molecule has 1 aliphatic rings. The molecule has 2 unspecified atom stereocenters. The van der Waals surface area contributed by atoms with E-state index in [0.29, 0.717) is 12.1 Å². The quantitative estimate of drug-likeness (QED) is 0.847. The molecule has 0 aliphatic carbocycles. The molecule has 0 aromatic heterocycles. The number of hydrogen-bond donors (Lipinski definition) is 1. The SMILES string of the molecule is CC(C)CC(c1ccccc1)N(C)CC1CCCCN1. The Hall–Kier alpha value is -0.860. The van der Waals surface area contributed by atoms with E-state index in [1.54, 1.807) is 0 Å². The van der Waals surface area contributed by atoms with Crippen LogP contribution in [0, 0.1) is 5.92 Å². The summed E-state index contributed by atoms with van der Waals surface area (Å²) in [5.41, 5.74) is 1.46. The van der Waals surface area contributed by atoms with Crippen molar-refractivity contribution >= 4 is 0 Å². The normalized spacial score (nSPS) is 21.4. The minimum Gasteiger partial charge on any atom is -0.313 e. The fraction of sp³-hybridized carbons (Fsp3) is 0.667. The number of likely N-dealkylation sites (N-methyl/N-ethyl adjacent to an activating group) is 1. The van der Waals surface area contributed by atoms with Gasteiger partial charge < -0.3 is 5.32 Å². The Morgan fingerprint density at radius 3 is 2.55 bits per heavy atom. The Morgan fingerprint density at radius 2 is 1.95 bits per heavy atom. The lowest BCUT2D eigenvalue weighted by atomic mass is 9.95. The third kappa shape index (κ3) is 4.60. The number of rotatable bonds is 6. The molecular formula is C18H30N2. The third-order valence-electron chi connectivity index (χ3n) is 4.33. The molecule has 20 heavy (non-hydrogen) atoms. The van der Waals surface area contributed by atoms with Crippen molar-refractivity contribution in [2.45, 2.75) is 51.6 Å². The number of nitrogens with zero attached hydrogens (tertiary/aromatic N) is 1. The summed E-state index contributed by atoms with van der Waals surface area (Å²) in [7, 11) is 2.29. The molecule has 1 aromatic carbocycles. The first-order valence-corrected chi connectivity index (χ1v) is 8.15. The molecular weight excluding hydrogens is 244 g/mol. The molecule has 1 aliphatic heterocycles. The van der Waals surface area contributed by atoms with Crippen LogP contribution in [-0.4, -0.2) is 31.1 Å². The minimum absolute atomic E-state index is 0.542. The van der Waals surface area contributed by atoms with Gasteiger partial charge in [-0.25, -0.2) is 0 Å². The van der Waals surface area contributed by atoms with Gasteiger partial charge in [-0.05, 0) is 44.3 Å². The summed E-state index contributed by atoms with van der Waals surface area (Å²) in [5, 5.41) is 3.67. The molecule has 0 saturated carbocycles. The molecule has 1 saturated heterocycles. The number of hydrogen-bond acceptors (Lipinski definition) is 2. The van der Waals surface area contributed by atoms with E-state index >= 15 is 0 Å². The zero-order valence-corrected chi connectivity index (χ0v) is 13.3. The van der Waals surface area contributed by atoms with Gasteiger partial charge in [-0.1, -0.05) is 50.6 Å². The van der Waals surface area contributed by atoms with E-state index in [4.69, 9.17) is 0 Å². The van der Waals surface area contributed by atoms with Crippen LogP contribution in [0.5, 0.6) is 0 Å². The lowest BCUT2D eigenvalue weighted by Gasteiger charge is -2.34. The molecule has 0 spiro atoms. The smallest absolute Gasteiger partial charge is 0.0348 e. The largest absolute Gasteiger partial charge is 0.313 e. The van der Waals surface area contributed by atoms with Gasteiger partial charge in [-0.3, -0.25) is 4.90 Å². The molecule has 1 fully saturated rings. The highest BCUT2D eigenvalue weighted by Gasteiger charge is 2.22. The van der Waals surface area contributed by atoms with Crippen LogP contribution in [-0.2, 0) is 0 Å². The predicted octanol–water partition coefficient (Wildman–Crippen LogP) is 3.85. The van der Waals surface area contributed by atoms with Crippen molar-refractivity contribution < 1.29 is 0 Å². The van der Waals surface area contributed by atoms with Crippen LogP contribution in [0.2, 0.25) is 0 Å². The average Bonchev–Trinajstić information content (AvgIpc) is 2.46. The number of nitrogens with one attached hydrogen (secondary N) is 1. The van der Waals surface area contributed by atoms with Crippen LogP contribution in [0.25, 0.3) is 0 Å². The fourth-order valence-electron chi connectivity index (χ4n) is 3.25. The monoisotopic (exact) mass is 274 g/mol. The van der Waals surface area contributed by atoms with Gasteiger partial charge in [-0.15, -0.1) is 0 Å². The van der Waals surface area contributed by atoms with Crippen LogP contribution in [0.4, 0.5) is 0 Å². The van der Waals surface area contributed by atoms with Crippen molar-refractivity contribution in [2.24, 2.45) is 5.92 Å². The van der Waals surface area contributed by atoms with E-state index in [1.807, 2.05) is 0 Å². The van der Waals surface area contributed by atoms with Gasteiger partial charge in [0.2, 0.25) is 0 Å². The van der Waals surface area contributed by atoms with E-state index in [1.165, 1.54) is 37.8 Å². The maximum absolute atomic E-state index is 3.67. The molecule has 1 heterocycles. The maximum atomic E-state index is 3.67. The first-order chi connectivity index (χ1) is 9.66. The molecule has 0 amide bonds. The van der Waals surface area contributed by atoms with Crippen LogP contribution in [0.15, 0.2) is 30.3 Å². The molecule has 0 radical (unpaired) electrons. The predicted molar refractivity (Wildman–Crippen MR) is 86.9 cm³/mol. The van der Waals surface area contributed by atoms with Crippen LogP contribution in [0.1, 0.15) is 51.1 Å². The van der Waals surface area contributed by atoms with E-state index in [2.05, 4.69) is 61.4 Å². The second-order valence-electron chi connectivity index (χ2n) is 6.64. The van der Waals surface area contributed by atoms with E-state index in [0.717, 1.165) is 12.5 Å². The minimum atomic E-state index is 0.542. The highest BCUT2D eigenvalue weighted by atomic mass is 15.2. The summed E-state index contributed by atoms with van der Waals surface area (Å²) in [6, 6.07) is 12.2. The van der Waals surface area contributed by atoms with E-state index < -0.39 is 0 Å². The molecule has 2 atom stereocenters. The summed E-state index contributed by atoms with van der Waals surface area (Å²) in [6.45, 7) is 7.00. The lowest BCUT2D eigenvalue weighted by Crippen LogP contribution is -2.43. The summed E-state index contributed by atoms with van der Waals surface area (Å²) >= 11 is 0. The number of benzene rings is 1. The summed E-state index contributed by atoms with van der Waals surface area (Å²) in [5.74, 6) is 0.724. The Kier molecular flexibility index (Phi) is 6.06. The van der Waals surface area contributed by atoms with Gasteiger partial charge in [-0.2, -0.15) is 0 Å². The summed E-state index contributed by atoms with van der Waals surface area (Å²) < 4.78 is 0. The van der Waals surface area contributed by atoms with Crippen molar-refractivity contribution in [3.05, 3.63) is 35.9 Å². The van der Waals surface area contributed by atoms with Crippen LogP contribution >= 0.6 is 0 Å².